The van der Waals surface area contributed by atoms with E-state index in [2.05, 4.69) is 4.74 Å². The summed E-state index contributed by atoms with van der Waals surface area (Å²) in [6.45, 7) is 2.06. The van der Waals surface area contributed by atoms with Crippen LogP contribution in [0.5, 0.6) is 5.75 Å². The minimum Gasteiger partial charge on any atom is -0.483 e. The Hall–Kier alpha value is -2.37. The molecule has 0 heterocycles. The number of para-hydroxylation sites is 2. The lowest BCUT2D eigenvalue weighted by Gasteiger charge is -2.03. The Morgan fingerprint density at radius 2 is 2.17 bits per heavy atom. The molecule has 0 saturated carbocycles. The van der Waals surface area contributed by atoms with Crippen LogP contribution in [0.1, 0.15) is 6.92 Å². The van der Waals surface area contributed by atoms with Gasteiger partial charge >= 0.3 is 11.7 Å². The van der Waals surface area contributed by atoms with Crippen LogP contribution in [0.3, 0.4) is 0 Å². The van der Waals surface area contributed by atoms with E-state index in [1.165, 1.54) is 24.3 Å². The largest absolute Gasteiger partial charge is 0.483 e. The summed E-state index contributed by atoms with van der Waals surface area (Å²) in [5, 5.41) is 10.7. The third kappa shape index (κ3) is 4.25. The maximum Gasteiger partial charge on any atom is 0.330 e. The molecule has 0 N–H and O–H groups in total. The van der Waals surface area contributed by atoms with Crippen LogP contribution in [-0.4, -0.2) is 24.1 Å². The second-order valence-corrected chi connectivity index (χ2v) is 3.19. The Morgan fingerprint density at radius 3 is 2.83 bits per heavy atom. The number of hydrogen-bond acceptors (Lipinski definition) is 5. The van der Waals surface area contributed by atoms with Gasteiger partial charge in [-0.25, -0.2) is 4.79 Å². The lowest BCUT2D eigenvalue weighted by atomic mass is 10.3. The van der Waals surface area contributed by atoms with E-state index < -0.39 is 10.9 Å². The molecule has 1 rings (SSSR count). The monoisotopic (exact) mass is 251 g/mol. The van der Waals surface area contributed by atoms with Crippen molar-refractivity contribution in [3.05, 3.63) is 46.5 Å². The molecule has 96 valence electrons. The molecular weight excluding hydrogens is 238 g/mol. The Kier molecular flexibility index (Phi) is 5.37. The van der Waals surface area contributed by atoms with Crippen LogP contribution in [0, 0.1) is 10.1 Å². The van der Waals surface area contributed by atoms with Gasteiger partial charge in [-0.1, -0.05) is 12.1 Å². The van der Waals surface area contributed by atoms with Crippen LogP contribution >= 0.6 is 0 Å². The van der Waals surface area contributed by atoms with Gasteiger partial charge in [0.05, 0.1) is 11.5 Å². The molecule has 0 aliphatic carbocycles. The fourth-order valence-electron chi connectivity index (χ4n) is 1.20. The first kappa shape index (κ1) is 13.7. The van der Waals surface area contributed by atoms with E-state index >= 15 is 0 Å². The van der Waals surface area contributed by atoms with E-state index in [1.54, 1.807) is 19.1 Å². The topological polar surface area (TPSA) is 78.7 Å². The number of nitro benzene ring substituents is 1. The summed E-state index contributed by atoms with van der Waals surface area (Å²) in [7, 11) is 0. The average molecular weight is 251 g/mol. The number of ether oxygens (including phenoxy) is 2. The van der Waals surface area contributed by atoms with Crippen molar-refractivity contribution in [2.75, 3.05) is 13.2 Å². The second-order valence-electron chi connectivity index (χ2n) is 3.19. The lowest BCUT2D eigenvalue weighted by molar-refractivity contribution is -0.385. The van der Waals surface area contributed by atoms with Crippen LogP contribution in [0.4, 0.5) is 5.69 Å². The molecule has 0 spiro atoms. The van der Waals surface area contributed by atoms with Gasteiger partial charge in [-0.15, -0.1) is 0 Å². The smallest absolute Gasteiger partial charge is 0.330 e. The predicted molar refractivity (Wildman–Crippen MR) is 64.4 cm³/mol. The lowest BCUT2D eigenvalue weighted by Crippen LogP contribution is -2.01. The Labute approximate surface area is 104 Å². The van der Waals surface area contributed by atoms with Crippen LogP contribution in [0.25, 0.3) is 0 Å². The van der Waals surface area contributed by atoms with Crippen molar-refractivity contribution in [3.8, 4) is 5.75 Å². The molecule has 0 unspecified atom stereocenters. The number of esters is 1. The van der Waals surface area contributed by atoms with Crippen LogP contribution < -0.4 is 4.74 Å². The number of carbonyl (C=O) groups excluding carboxylic acids is 1. The minimum absolute atomic E-state index is 0.0592. The van der Waals surface area contributed by atoms with Crippen molar-refractivity contribution in [1.29, 1.82) is 0 Å². The molecule has 0 amide bonds. The standard InChI is InChI=1S/C12H13NO5/c1-2-17-12(14)8-5-9-18-11-7-4-3-6-10(11)13(15)16/h3-8H,2,9H2,1H3/b8-5-. The Morgan fingerprint density at radius 1 is 1.44 bits per heavy atom. The number of nitro groups is 1. The van der Waals surface area contributed by atoms with Gasteiger partial charge in [0.25, 0.3) is 0 Å². The maximum absolute atomic E-state index is 11.0. The molecular formula is C12H13NO5. The van der Waals surface area contributed by atoms with E-state index in [1.807, 2.05) is 0 Å². The fraction of sp³-hybridized carbons (Fsp3) is 0.250. The number of rotatable bonds is 6. The van der Waals surface area contributed by atoms with Gasteiger partial charge in [0.2, 0.25) is 0 Å². The van der Waals surface area contributed by atoms with Crippen molar-refractivity contribution in [1.82, 2.24) is 0 Å². The summed E-state index contributed by atoms with van der Waals surface area (Å²) in [6.07, 6.45) is 2.66. The highest BCUT2D eigenvalue weighted by Crippen LogP contribution is 2.25. The molecule has 6 nitrogen and oxygen atoms in total. The van der Waals surface area contributed by atoms with E-state index in [0.29, 0.717) is 6.61 Å². The first-order valence-corrected chi connectivity index (χ1v) is 5.34. The van der Waals surface area contributed by atoms with Gasteiger partial charge in [-0.2, -0.15) is 0 Å². The molecule has 0 fully saturated rings. The number of benzene rings is 1. The first-order valence-electron chi connectivity index (χ1n) is 5.34. The highest BCUT2D eigenvalue weighted by atomic mass is 16.6. The summed E-state index contributed by atoms with van der Waals surface area (Å²) >= 11 is 0. The van der Waals surface area contributed by atoms with Gasteiger partial charge < -0.3 is 9.47 Å². The molecule has 0 aromatic heterocycles. The summed E-state index contributed by atoms with van der Waals surface area (Å²) in [5.41, 5.74) is -0.109. The van der Waals surface area contributed by atoms with Gasteiger partial charge in [0.1, 0.15) is 6.61 Å². The van der Waals surface area contributed by atoms with Gasteiger partial charge in [0.15, 0.2) is 5.75 Å². The van der Waals surface area contributed by atoms with Crippen molar-refractivity contribution in [2.45, 2.75) is 6.92 Å². The SMILES string of the molecule is CCOC(=O)/C=C\COc1ccccc1[N+](=O)[O-]. The van der Waals surface area contributed by atoms with E-state index in [4.69, 9.17) is 4.74 Å². The molecule has 0 aliphatic rings. The van der Waals surface area contributed by atoms with Crippen molar-refractivity contribution in [3.63, 3.8) is 0 Å². The molecule has 0 radical (unpaired) electrons. The Balaban J connectivity index is 2.54. The molecule has 6 heteroatoms. The fourth-order valence-corrected chi connectivity index (χ4v) is 1.20. The molecule has 18 heavy (non-hydrogen) atoms. The third-order valence-corrected chi connectivity index (χ3v) is 1.94. The van der Waals surface area contributed by atoms with E-state index in [0.717, 1.165) is 0 Å². The summed E-state index contributed by atoms with van der Waals surface area (Å²) < 4.78 is 9.86. The summed E-state index contributed by atoms with van der Waals surface area (Å²) in [5.74, 6) is -0.306. The molecule has 0 saturated heterocycles. The molecule has 0 atom stereocenters. The summed E-state index contributed by atoms with van der Waals surface area (Å²) in [4.78, 5) is 21.1. The van der Waals surface area contributed by atoms with Crippen LogP contribution in [-0.2, 0) is 9.53 Å². The van der Waals surface area contributed by atoms with E-state index in [-0.39, 0.29) is 18.0 Å². The zero-order chi connectivity index (χ0) is 13.4. The normalized spacial score (nSPS) is 10.3. The molecule has 0 aliphatic heterocycles. The summed E-state index contributed by atoms with van der Waals surface area (Å²) in [6, 6.07) is 6.04. The quantitative estimate of drug-likeness (QED) is 0.335. The third-order valence-electron chi connectivity index (χ3n) is 1.94. The highest BCUT2D eigenvalue weighted by molar-refractivity contribution is 5.81. The number of nitrogens with zero attached hydrogens (tertiary/aromatic N) is 1. The Bertz CT molecular complexity index is 456. The maximum atomic E-state index is 11.0. The zero-order valence-corrected chi connectivity index (χ0v) is 9.87. The van der Waals surface area contributed by atoms with E-state index in [9.17, 15) is 14.9 Å². The van der Waals surface area contributed by atoms with Gasteiger partial charge in [0, 0.05) is 12.1 Å². The second kappa shape index (κ2) is 7.05. The first-order chi connectivity index (χ1) is 8.65. The molecule has 1 aromatic carbocycles. The van der Waals surface area contributed by atoms with Gasteiger partial charge in [-0.3, -0.25) is 10.1 Å². The van der Waals surface area contributed by atoms with Crippen molar-refractivity contribution in [2.24, 2.45) is 0 Å². The number of hydrogen-bond donors (Lipinski definition) is 0. The highest BCUT2D eigenvalue weighted by Gasteiger charge is 2.12. The predicted octanol–water partition coefficient (Wildman–Crippen LogP) is 2.09. The molecule has 0 bridgehead atoms. The van der Waals surface area contributed by atoms with Crippen molar-refractivity contribution < 1.29 is 19.2 Å². The zero-order valence-electron chi connectivity index (χ0n) is 9.87. The average Bonchev–Trinajstić information content (AvgIpc) is 2.35. The van der Waals surface area contributed by atoms with Crippen molar-refractivity contribution >= 4 is 11.7 Å². The van der Waals surface area contributed by atoms with Crippen LogP contribution in [0.15, 0.2) is 36.4 Å². The van der Waals surface area contributed by atoms with Crippen LogP contribution in [0.2, 0.25) is 0 Å². The molecule has 1 aromatic rings. The number of carbonyl (C=O) groups is 1. The van der Waals surface area contributed by atoms with Gasteiger partial charge in [-0.05, 0) is 19.1 Å². The minimum atomic E-state index is -0.523.